The van der Waals surface area contributed by atoms with Crippen LogP contribution in [0.3, 0.4) is 0 Å². The summed E-state index contributed by atoms with van der Waals surface area (Å²) in [5, 5.41) is 3.32. The molecule has 1 aliphatic heterocycles. The van der Waals surface area contributed by atoms with Gasteiger partial charge in [0.25, 0.3) is 11.5 Å². The number of anilines is 1. The average molecular weight is 503 g/mol. The van der Waals surface area contributed by atoms with Crippen LogP contribution in [-0.2, 0) is 11.3 Å². The van der Waals surface area contributed by atoms with Gasteiger partial charge in [-0.2, -0.15) is 0 Å². The second-order valence-corrected chi connectivity index (χ2v) is 9.68. The van der Waals surface area contributed by atoms with Crippen molar-refractivity contribution in [3.8, 4) is 0 Å². The highest BCUT2D eigenvalue weighted by atomic mass is 79.9. The molecule has 0 saturated carbocycles. The number of nitrogens with one attached hydrogen (secondary N) is 1. The number of halogens is 1. The van der Waals surface area contributed by atoms with Gasteiger partial charge in [-0.25, -0.2) is 4.98 Å². The van der Waals surface area contributed by atoms with E-state index in [1.54, 1.807) is 11.8 Å². The van der Waals surface area contributed by atoms with Crippen LogP contribution in [0.2, 0.25) is 0 Å². The lowest BCUT2D eigenvalue weighted by atomic mass is 10.1. The van der Waals surface area contributed by atoms with Gasteiger partial charge in [-0.3, -0.25) is 19.0 Å². The standard InChI is InChI=1S/C22H23BrN4O3S/c1-13-10-15(23)6-7-16(13)25-20(29)19-14(2)18-21(31-19)24-12-27(22(18)30)11-17(28)26-8-4-3-5-9-26/h6-7,10,12H,3-5,8-9,11H2,1-2H3,(H,25,29). The number of likely N-dealkylation sites (tertiary alicyclic amines) is 1. The number of aromatic nitrogens is 2. The summed E-state index contributed by atoms with van der Waals surface area (Å²) in [6.45, 7) is 5.11. The minimum atomic E-state index is -0.289. The Morgan fingerprint density at radius 3 is 2.65 bits per heavy atom. The van der Waals surface area contributed by atoms with Crippen molar-refractivity contribution >= 4 is 55.0 Å². The fourth-order valence-electron chi connectivity index (χ4n) is 3.82. The Morgan fingerprint density at radius 1 is 1.19 bits per heavy atom. The van der Waals surface area contributed by atoms with Crippen LogP contribution in [0, 0.1) is 13.8 Å². The molecule has 0 spiro atoms. The average Bonchev–Trinajstić information content (AvgIpc) is 3.10. The minimum Gasteiger partial charge on any atom is -0.341 e. The Hall–Kier alpha value is -2.52. The first-order valence-electron chi connectivity index (χ1n) is 10.2. The van der Waals surface area contributed by atoms with Crippen molar-refractivity contribution in [2.75, 3.05) is 18.4 Å². The maximum absolute atomic E-state index is 13.1. The summed E-state index contributed by atoms with van der Waals surface area (Å²) in [5.74, 6) is -0.347. The molecule has 2 aromatic heterocycles. The highest BCUT2D eigenvalue weighted by Crippen LogP contribution is 2.28. The van der Waals surface area contributed by atoms with E-state index >= 15 is 0 Å². The van der Waals surface area contributed by atoms with Gasteiger partial charge >= 0.3 is 0 Å². The molecule has 1 saturated heterocycles. The lowest BCUT2D eigenvalue weighted by Gasteiger charge is -2.26. The van der Waals surface area contributed by atoms with Gasteiger partial charge in [0, 0.05) is 23.2 Å². The van der Waals surface area contributed by atoms with Crippen molar-refractivity contribution in [3.63, 3.8) is 0 Å². The van der Waals surface area contributed by atoms with Gasteiger partial charge in [0.15, 0.2) is 0 Å². The highest BCUT2D eigenvalue weighted by Gasteiger charge is 2.22. The maximum atomic E-state index is 13.1. The lowest BCUT2D eigenvalue weighted by molar-refractivity contribution is -0.132. The SMILES string of the molecule is Cc1cc(Br)ccc1NC(=O)c1sc2ncn(CC(=O)N3CCCCC3)c(=O)c2c1C. The van der Waals surface area contributed by atoms with Crippen molar-refractivity contribution in [3.05, 3.63) is 55.4 Å². The molecular formula is C22H23BrN4O3S. The number of thiophene rings is 1. The summed E-state index contributed by atoms with van der Waals surface area (Å²) < 4.78 is 2.28. The number of rotatable bonds is 4. The van der Waals surface area contributed by atoms with Gasteiger partial charge in [0.1, 0.15) is 11.4 Å². The third kappa shape index (κ3) is 4.43. The van der Waals surface area contributed by atoms with E-state index in [-0.39, 0.29) is 23.9 Å². The van der Waals surface area contributed by atoms with Crippen molar-refractivity contribution in [1.29, 1.82) is 0 Å². The quantitative estimate of drug-likeness (QED) is 0.581. The van der Waals surface area contributed by atoms with E-state index in [1.807, 2.05) is 25.1 Å². The van der Waals surface area contributed by atoms with Crippen LogP contribution < -0.4 is 10.9 Å². The largest absolute Gasteiger partial charge is 0.341 e. The third-order valence-corrected chi connectivity index (χ3v) is 7.27. The Labute approximate surface area is 192 Å². The normalized spacial score (nSPS) is 14.1. The molecule has 4 rings (SSSR count). The van der Waals surface area contributed by atoms with Crippen LogP contribution in [0.25, 0.3) is 10.2 Å². The number of hydrogen-bond acceptors (Lipinski definition) is 5. The fourth-order valence-corrected chi connectivity index (χ4v) is 5.33. The Kier molecular flexibility index (Phi) is 6.24. The van der Waals surface area contributed by atoms with Gasteiger partial charge in [-0.15, -0.1) is 11.3 Å². The van der Waals surface area contributed by atoms with Gasteiger partial charge in [-0.1, -0.05) is 15.9 Å². The molecule has 31 heavy (non-hydrogen) atoms. The second-order valence-electron chi connectivity index (χ2n) is 7.77. The van der Waals surface area contributed by atoms with E-state index in [0.29, 0.717) is 26.3 Å². The summed E-state index contributed by atoms with van der Waals surface area (Å²) in [6, 6.07) is 5.62. The van der Waals surface area contributed by atoms with E-state index in [9.17, 15) is 14.4 Å². The summed E-state index contributed by atoms with van der Waals surface area (Å²) in [4.78, 5) is 45.7. The minimum absolute atomic E-state index is 0.0311. The smallest absolute Gasteiger partial charge is 0.266 e. The monoisotopic (exact) mass is 502 g/mol. The van der Waals surface area contributed by atoms with Crippen LogP contribution in [0.4, 0.5) is 5.69 Å². The first-order chi connectivity index (χ1) is 14.8. The number of carbonyl (C=O) groups excluding carboxylic acids is 2. The molecule has 1 fully saturated rings. The summed E-state index contributed by atoms with van der Waals surface area (Å²) in [7, 11) is 0. The van der Waals surface area contributed by atoms with Gasteiger partial charge in [0.2, 0.25) is 5.91 Å². The number of piperidine rings is 1. The van der Waals surface area contributed by atoms with Crippen LogP contribution in [0.15, 0.2) is 33.8 Å². The van der Waals surface area contributed by atoms with E-state index in [0.717, 1.165) is 42.4 Å². The lowest BCUT2D eigenvalue weighted by Crippen LogP contribution is -2.39. The zero-order valence-electron chi connectivity index (χ0n) is 17.4. The molecule has 1 aliphatic rings. The van der Waals surface area contributed by atoms with Gasteiger partial charge in [-0.05, 0) is 62.4 Å². The number of hydrogen-bond donors (Lipinski definition) is 1. The third-order valence-electron chi connectivity index (χ3n) is 5.57. The van der Waals surface area contributed by atoms with E-state index in [1.165, 1.54) is 22.2 Å². The van der Waals surface area contributed by atoms with Gasteiger partial charge < -0.3 is 10.2 Å². The molecular weight excluding hydrogens is 480 g/mol. The number of amides is 2. The Bertz CT molecular complexity index is 1230. The summed E-state index contributed by atoms with van der Waals surface area (Å²) in [5.41, 5.74) is 1.94. The molecule has 1 N–H and O–H groups in total. The zero-order chi connectivity index (χ0) is 22.1. The molecule has 9 heteroatoms. The fraction of sp³-hybridized carbons (Fsp3) is 0.364. The molecule has 0 unspecified atom stereocenters. The number of benzene rings is 1. The topological polar surface area (TPSA) is 84.3 Å². The van der Waals surface area contributed by atoms with Crippen LogP contribution >= 0.6 is 27.3 Å². The Morgan fingerprint density at radius 2 is 1.94 bits per heavy atom. The predicted molar refractivity (Wildman–Crippen MR) is 126 cm³/mol. The van der Waals surface area contributed by atoms with Crippen molar-refractivity contribution < 1.29 is 9.59 Å². The molecule has 3 aromatic rings. The number of aryl methyl sites for hydroxylation is 2. The maximum Gasteiger partial charge on any atom is 0.266 e. The van der Waals surface area contributed by atoms with Crippen molar-refractivity contribution in [2.24, 2.45) is 0 Å². The molecule has 0 bridgehead atoms. The summed E-state index contributed by atoms with van der Waals surface area (Å²) >= 11 is 4.61. The first kappa shape index (κ1) is 21.7. The summed E-state index contributed by atoms with van der Waals surface area (Å²) in [6.07, 6.45) is 4.54. The second kappa shape index (κ2) is 8.92. The van der Waals surface area contributed by atoms with Gasteiger partial charge in [0.05, 0.1) is 16.6 Å². The van der Waals surface area contributed by atoms with E-state index in [4.69, 9.17) is 0 Å². The van der Waals surface area contributed by atoms with E-state index < -0.39 is 0 Å². The molecule has 7 nitrogen and oxygen atoms in total. The highest BCUT2D eigenvalue weighted by molar-refractivity contribution is 9.10. The number of fused-ring (bicyclic) bond motifs is 1. The Balaban J connectivity index is 1.61. The molecule has 1 aromatic carbocycles. The number of nitrogens with zero attached hydrogens (tertiary/aromatic N) is 3. The molecule has 0 radical (unpaired) electrons. The van der Waals surface area contributed by atoms with Crippen molar-refractivity contribution in [1.82, 2.24) is 14.5 Å². The molecule has 0 atom stereocenters. The molecule has 162 valence electrons. The predicted octanol–water partition coefficient (Wildman–Crippen LogP) is 4.10. The molecule has 2 amide bonds. The number of carbonyl (C=O) groups is 2. The zero-order valence-corrected chi connectivity index (χ0v) is 19.8. The van der Waals surface area contributed by atoms with Crippen LogP contribution in [-0.4, -0.2) is 39.4 Å². The van der Waals surface area contributed by atoms with Crippen molar-refractivity contribution in [2.45, 2.75) is 39.7 Å². The molecule has 0 aliphatic carbocycles. The van der Waals surface area contributed by atoms with E-state index in [2.05, 4.69) is 26.2 Å². The molecule has 3 heterocycles. The van der Waals surface area contributed by atoms with Crippen LogP contribution in [0.5, 0.6) is 0 Å². The van der Waals surface area contributed by atoms with Crippen LogP contribution in [0.1, 0.15) is 40.1 Å². The first-order valence-corrected chi connectivity index (χ1v) is 11.8.